The van der Waals surface area contributed by atoms with Crippen LogP contribution in [0.25, 0.3) is 0 Å². The summed E-state index contributed by atoms with van der Waals surface area (Å²) in [5, 5.41) is 35.5. The van der Waals surface area contributed by atoms with Crippen molar-refractivity contribution in [1.82, 2.24) is 0 Å². The molecule has 0 amide bonds. The first-order valence-electron chi connectivity index (χ1n) is 11.7. The van der Waals surface area contributed by atoms with E-state index in [-0.39, 0.29) is 50.0 Å². The monoisotopic (exact) mass is 476 g/mol. The Bertz CT molecular complexity index is 756. The number of hydrogen-bond donors (Lipinski definition) is 0. The smallest absolute Gasteiger partial charge is 0.306 e. The molecule has 2 unspecified atom stereocenters. The topological polar surface area (TPSA) is 150 Å². The summed E-state index contributed by atoms with van der Waals surface area (Å²) in [6, 6.07) is 4.18. The van der Waals surface area contributed by atoms with Gasteiger partial charge in [-0.15, -0.1) is 0 Å². The van der Waals surface area contributed by atoms with Gasteiger partial charge in [-0.3, -0.25) is 9.59 Å². The van der Waals surface area contributed by atoms with E-state index in [9.17, 15) is 20.1 Å². The number of hydrogen-bond acceptors (Lipinski definition) is 10. The van der Waals surface area contributed by atoms with Crippen LogP contribution in [0.2, 0.25) is 0 Å². The third-order valence-corrected chi connectivity index (χ3v) is 5.54. The van der Waals surface area contributed by atoms with Gasteiger partial charge in [0.25, 0.3) is 0 Å². The first kappa shape index (κ1) is 31.1. The fourth-order valence-corrected chi connectivity index (χ4v) is 2.04. The van der Waals surface area contributed by atoms with Crippen molar-refractivity contribution in [2.45, 2.75) is 116 Å². The van der Waals surface area contributed by atoms with E-state index in [0.29, 0.717) is 0 Å². The Morgan fingerprint density at radius 3 is 1.26 bits per heavy atom. The molecule has 0 aromatic carbocycles. The predicted octanol–water partition coefficient (Wildman–Crippen LogP) is 5.48. The van der Waals surface area contributed by atoms with Crippen molar-refractivity contribution in [2.75, 3.05) is 13.2 Å². The first-order chi connectivity index (χ1) is 15.7. The first-order valence-corrected chi connectivity index (χ1v) is 11.7. The average molecular weight is 477 g/mol. The highest BCUT2D eigenvalue weighted by Gasteiger charge is 2.28. The van der Waals surface area contributed by atoms with Gasteiger partial charge in [-0.2, -0.15) is 31.0 Å². The molecule has 10 heteroatoms. The van der Waals surface area contributed by atoms with Crippen molar-refractivity contribution in [3.05, 3.63) is 0 Å². The molecule has 0 aliphatic carbocycles. The van der Waals surface area contributed by atoms with Crippen molar-refractivity contribution in [3.63, 3.8) is 0 Å². The molecule has 0 saturated carbocycles. The number of nitriles is 2. The normalized spacial score (nSPS) is 15.8. The summed E-state index contributed by atoms with van der Waals surface area (Å²) in [7, 11) is 0. The number of carbonyl (C=O) groups is 2. The zero-order chi connectivity index (χ0) is 26.5. The van der Waals surface area contributed by atoms with Crippen molar-refractivity contribution in [3.8, 4) is 12.1 Å². The standard InChI is InChI=1S/C24H40N6O4/c1-9-21(3,4)27-29-23(7,17-25)13-11-19(31)33-15-16-34-20(32)12-14-24(8,18-26)30-28-22(5,6)10-2/h9-16H2,1-8H3. The molecular formula is C24H40N6O4. The fourth-order valence-electron chi connectivity index (χ4n) is 2.04. The largest absolute Gasteiger partial charge is 0.462 e. The molecule has 0 saturated heterocycles. The van der Waals surface area contributed by atoms with Crippen LogP contribution in [-0.4, -0.2) is 47.3 Å². The van der Waals surface area contributed by atoms with Crippen LogP contribution in [0.15, 0.2) is 20.5 Å². The summed E-state index contributed by atoms with van der Waals surface area (Å²) in [6.45, 7) is 14.7. The van der Waals surface area contributed by atoms with Gasteiger partial charge >= 0.3 is 11.9 Å². The summed E-state index contributed by atoms with van der Waals surface area (Å²) in [5.74, 6) is -1.03. The van der Waals surface area contributed by atoms with E-state index in [4.69, 9.17) is 9.47 Å². The lowest BCUT2D eigenvalue weighted by molar-refractivity contribution is -0.152. The Balaban J connectivity index is 4.42. The van der Waals surface area contributed by atoms with Crippen LogP contribution in [0.5, 0.6) is 0 Å². The molecule has 34 heavy (non-hydrogen) atoms. The van der Waals surface area contributed by atoms with Crippen molar-refractivity contribution in [1.29, 1.82) is 10.5 Å². The Morgan fingerprint density at radius 1 is 0.676 bits per heavy atom. The average Bonchev–Trinajstić information content (AvgIpc) is 2.81. The van der Waals surface area contributed by atoms with Gasteiger partial charge in [0.2, 0.25) is 0 Å². The summed E-state index contributed by atoms with van der Waals surface area (Å²) in [4.78, 5) is 24.0. The highest BCUT2D eigenvalue weighted by molar-refractivity contribution is 5.70. The predicted molar refractivity (Wildman–Crippen MR) is 127 cm³/mol. The van der Waals surface area contributed by atoms with Crippen molar-refractivity contribution < 1.29 is 19.1 Å². The molecule has 0 aromatic rings. The highest BCUT2D eigenvalue weighted by atomic mass is 16.6. The lowest BCUT2D eigenvalue weighted by atomic mass is 9.99. The zero-order valence-corrected chi connectivity index (χ0v) is 22.0. The zero-order valence-electron chi connectivity index (χ0n) is 22.0. The minimum Gasteiger partial charge on any atom is -0.462 e. The summed E-state index contributed by atoms with van der Waals surface area (Å²) >= 11 is 0. The molecular weight excluding hydrogens is 436 g/mol. The molecule has 0 aliphatic rings. The van der Waals surface area contributed by atoms with E-state index in [0.717, 1.165) is 12.8 Å². The van der Waals surface area contributed by atoms with Crippen LogP contribution >= 0.6 is 0 Å². The Kier molecular flexibility index (Phi) is 12.6. The number of rotatable bonds is 15. The molecule has 10 nitrogen and oxygen atoms in total. The lowest BCUT2D eigenvalue weighted by Crippen LogP contribution is -2.24. The molecule has 0 radical (unpaired) electrons. The van der Waals surface area contributed by atoms with Gasteiger partial charge in [-0.05, 0) is 67.2 Å². The molecule has 0 heterocycles. The van der Waals surface area contributed by atoms with Gasteiger partial charge in [0.1, 0.15) is 13.2 Å². The lowest BCUT2D eigenvalue weighted by Gasteiger charge is -2.20. The van der Waals surface area contributed by atoms with Crippen molar-refractivity contribution >= 4 is 11.9 Å². The van der Waals surface area contributed by atoms with Gasteiger partial charge < -0.3 is 9.47 Å². The summed E-state index contributed by atoms with van der Waals surface area (Å²) < 4.78 is 10.1. The van der Waals surface area contributed by atoms with Crippen LogP contribution in [0.1, 0.15) is 93.9 Å². The Hall–Kier alpha value is -2.88. The quantitative estimate of drug-likeness (QED) is 0.173. The maximum absolute atomic E-state index is 12.0. The third kappa shape index (κ3) is 13.0. The van der Waals surface area contributed by atoms with Crippen LogP contribution < -0.4 is 0 Å². The van der Waals surface area contributed by atoms with Crippen LogP contribution in [-0.2, 0) is 19.1 Å². The van der Waals surface area contributed by atoms with Gasteiger partial charge in [0.05, 0.1) is 23.2 Å². The maximum Gasteiger partial charge on any atom is 0.306 e. The molecule has 0 N–H and O–H groups in total. The maximum atomic E-state index is 12.0. The third-order valence-electron chi connectivity index (χ3n) is 5.54. The fraction of sp³-hybridized carbons (Fsp3) is 0.833. The Labute approximate surface area is 203 Å². The molecule has 0 aromatic heterocycles. The van der Waals surface area contributed by atoms with E-state index >= 15 is 0 Å². The molecule has 2 atom stereocenters. The summed E-state index contributed by atoms with van der Waals surface area (Å²) in [5.41, 5.74) is -2.98. The number of azo groups is 2. The Morgan fingerprint density at radius 2 is 1.00 bits per heavy atom. The minimum atomic E-state index is -1.12. The minimum absolute atomic E-state index is 0.0107. The molecule has 0 spiro atoms. The second-order valence-corrected chi connectivity index (χ2v) is 9.94. The van der Waals surface area contributed by atoms with Crippen LogP contribution in [0, 0.1) is 22.7 Å². The SMILES string of the molecule is CCC(C)(C)N=NC(C)(C#N)CCC(=O)OCCOC(=O)CCC(C)(C#N)N=NC(C)(C)CC. The molecule has 0 rings (SSSR count). The van der Waals surface area contributed by atoms with E-state index in [1.807, 2.05) is 41.5 Å². The van der Waals surface area contributed by atoms with Crippen LogP contribution in [0.4, 0.5) is 0 Å². The van der Waals surface area contributed by atoms with E-state index < -0.39 is 23.0 Å². The second kappa shape index (κ2) is 13.7. The summed E-state index contributed by atoms with van der Waals surface area (Å²) in [6.07, 6.45) is 1.86. The number of nitrogens with zero attached hydrogens (tertiary/aromatic N) is 6. The highest BCUT2D eigenvalue weighted by Crippen LogP contribution is 2.23. The number of ether oxygens (including phenoxy) is 2. The number of carbonyl (C=O) groups excluding carboxylic acids is 2. The van der Waals surface area contributed by atoms with E-state index in [1.54, 1.807) is 13.8 Å². The molecule has 190 valence electrons. The van der Waals surface area contributed by atoms with E-state index in [2.05, 4.69) is 32.6 Å². The van der Waals surface area contributed by atoms with Gasteiger partial charge in [0, 0.05) is 12.8 Å². The molecule has 0 aliphatic heterocycles. The van der Waals surface area contributed by atoms with Crippen molar-refractivity contribution in [2.24, 2.45) is 20.5 Å². The van der Waals surface area contributed by atoms with Crippen LogP contribution in [0.3, 0.4) is 0 Å². The van der Waals surface area contributed by atoms with Gasteiger partial charge in [-0.1, -0.05) is 13.8 Å². The number of esters is 2. The molecule has 0 bridgehead atoms. The second-order valence-electron chi connectivity index (χ2n) is 9.94. The van der Waals surface area contributed by atoms with E-state index in [1.165, 1.54) is 0 Å². The molecule has 0 fully saturated rings. The van der Waals surface area contributed by atoms with Gasteiger partial charge in [-0.25, -0.2) is 0 Å². The van der Waals surface area contributed by atoms with Gasteiger partial charge in [0.15, 0.2) is 11.1 Å².